The number of hydrogen-bond donors (Lipinski definition) is 2. The van der Waals surface area contributed by atoms with Crippen LogP contribution in [-0.2, 0) is 9.59 Å². The van der Waals surface area contributed by atoms with E-state index in [-0.39, 0.29) is 17.2 Å². The molecule has 4 aliphatic carbocycles. The highest BCUT2D eigenvalue weighted by Crippen LogP contribution is 2.60. The second-order valence-electron chi connectivity index (χ2n) is 9.55. The molecule has 2 amide bonds. The van der Waals surface area contributed by atoms with Gasteiger partial charge in [-0.1, -0.05) is 0 Å². The molecule has 0 heterocycles. The zero-order chi connectivity index (χ0) is 19.7. The van der Waals surface area contributed by atoms with Crippen LogP contribution >= 0.6 is 0 Å². The predicted octanol–water partition coefficient (Wildman–Crippen LogP) is 3.80. The van der Waals surface area contributed by atoms with Gasteiger partial charge >= 0.3 is 0 Å². The molecule has 0 spiro atoms. The molecule has 0 aliphatic heterocycles. The monoisotopic (exact) mass is 383 g/mol. The van der Waals surface area contributed by atoms with E-state index in [0.717, 1.165) is 48.4 Å². The lowest BCUT2D eigenvalue weighted by atomic mass is 9.49. The first-order valence-electron chi connectivity index (χ1n) is 10.8. The summed E-state index contributed by atoms with van der Waals surface area (Å²) in [7, 11) is 3.98. The van der Waals surface area contributed by atoms with Crippen molar-refractivity contribution in [1.82, 2.24) is 5.32 Å². The summed E-state index contributed by atoms with van der Waals surface area (Å²) in [5, 5.41) is 6.09. The van der Waals surface area contributed by atoms with Crippen molar-refractivity contribution in [3.63, 3.8) is 0 Å². The van der Waals surface area contributed by atoms with E-state index in [2.05, 4.69) is 10.6 Å². The Morgan fingerprint density at radius 3 is 2.11 bits per heavy atom. The fraction of sp³-hybridized carbons (Fsp3) is 0.652. The molecule has 0 atom stereocenters. The zero-order valence-electron chi connectivity index (χ0n) is 17.2. The Morgan fingerprint density at radius 2 is 1.57 bits per heavy atom. The minimum absolute atomic E-state index is 0.00153. The van der Waals surface area contributed by atoms with Crippen LogP contribution in [0.25, 0.3) is 0 Å². The first-order chi connectivity index (χ1) is 13.4. The van der Waals surface area contributed by atoms with Gasteiger partial charge in [-0.3, -0.25) is 9.59 Å². The fourth-order valence-corrected chi connectivity index (χ4v) is 6.09. The minimum atomic E-state index is -0.0921. The molecule has 2 N–H and O–H groups in total. The molecule has 4 aliphatic rings. The van der Waals surface area contributed by atoms with Crippen LogP contribution in [0.3, 0.4) is 0 Å². The van der Waals surface area contributed by atoms with Gasteiger partial charge in [0.25, 0.3) is 0 Å². The molecule has 4 fully saturated rings. The second-order valence-corrected chi connectivity index (χ2v) is 9.55. The average molecular weight is 384 g/mol. The van der Waals surface area contributed by atoms with Crippen LogP contribution < -0.4 is 15.5 Å². The Labute approximate surface area is 168 Å². The summed E-state index contributed by atoms with van der Waals surface area (Å²) >= 11 is 0. The maximum absolute atomic E-state index is 12.9. The molecule has 4 bridgehead atoms. The summed E-state index contributed by atoms with van der Waals surface area (Å²) in [4.78, 5) is 27.1. The minimum Gasteiger partial charge on any atom is -0.378 e. The van der Waals surface area contributed by atoms with Gasteiger partial charge in [-0.05, 0) is 87.0 Å². The lowest BCUT2D eigenvalue weighted by Crippen LogP contribution is -2.53. The number of nitrogens with one attached hydrogen (secondary N) is 2. The van der Waals surface area contributed by atoms with Crippen LogP contribution in [0, 0.1) is 23.2 Å². The van der Waals surface area contributed by atoms with Crippen molar-refractivity contribution in [2.45, 2.75) is 51.4 Å². The zero-order valence-corrected chi connectivity index (χ0v) is 17.2. The van der Waals surface area contributed by atoms with Crippen molar-refractivity contribution < 1.29 is 9.59 Å². The predicted molar refractivity (Wildman–Crippen MR) is 112 cm³/mol. The van der Waals surface area contributed by atoms with Crippen molar-refractivity contribution in [3.05, 3.63) is 24.3 Å². The molecule has 5 rings (SSSR count). The van der Waals surface area contributed by atoms with Gasteiger partial charge in [0.2, 0.25) is 11.8 Å². The SMILES string of the molecule is CN(C)c1ccc(NC(=O)CCCNC(=O)C23CC4CC(CC(C4)C2)C3)cc1. The number of hydrogen-bond acceptors (Lipinski definition) is 3. The summed E-state index contributed by atoms with van der Waals surface area (Å²) < 4.78 is 0. The highest BCUT2D eigenvalue weighted by Gasteiger charge is 2.54. The van der Waals surface area contributed by atoms with E-state index in [1.165, 1.54) is 19.3 Å². The van der Waals surface area contributed by atoms with E-state index in [9.17, 15) is 9.59 Å². The Hall–Kier alpha value is -2.04. The lowest BCUT2D eigenvalue weighted by Gasteiger charge is -2.55. The lowest BCUT2D eigenvalue weighted by molar-refractivity contribution is -0.146. The topological polar surface area (TPSA) is 61.4 Å². The average Bonchev–Trinajstić information content (AvgIpc) is 2.64. The summed E-state index contributed by atoms with van der Waals surface area (Å²) in [6, 6.07) is 7.81. The fourth-order valence-electron chi connectivity index (χ4n) is 6.09. The Bertz CT molecular complexity index is 691. The van der Waals surface area contributed by atoms with Crippen molar-refractivity contribution in [1.29, 1.82) is 0 Å². The molecule has 152 valence electrons. The van der Waals surface area contributed by atoms with Crippen molar-refractivity contribution >= 4 is 23.2 Å². The maximum atomic E-state index is 12.9. The molecule has 1 aromatic rings. The van der Waals surface area contributed by atoms with E-state index in [4.69, 9.17) is 0 Å². The summed E-state index contributed by atoms with van der Waals surface area (Å²) in [6.45, 7) is 0.591. The molecule has 1 aromatic carbocycles. The molecular weight excluding hydrogens is 350 g/mol. The first kappa shape index (κ1) is 19.3. The van der Waals surface area contributed by atoms with Gasteiger partial charge < -0.3 is 15.5 Å². The Kier molecular flexibility index (Phi) is 5.35. The van der Waals surface area contributed by atoms with Gasteiger partial charge in [-0.2, -0.15) is 0 Å². The van der Waals surface area contributed by atoms with E-state index in [1.54, 1.807) is 0 Å². The molecule has 4 saturated carbocycles. The third kappa shape index (κ3) is 4.03. The summed E-state index contributed by atoms with van der Waals surface area (Å²) in [6.07, 6.45) is 8.43. The van der Waals surface area contributed by atoms with Crippen LogP contribution in [0.5, 0.6) is 0 Å². The van der Waals surface area contributed by atoms with E-state index in [1.807, 2.05) is 43.3 Å². The largest absolute Gasteiger partial charge is 0.378 e. The van der Waals surface area contributed by atoms with Gasteiger partial charge in [-0.15, -0.1) is 0 Å². The smallest absolute Gasteiger partial charge is 0.226 e. The standard InChI is InChI=1S/C23H33N3O2/c1-26(2)20-7-5-19(6-8-20)25-21(27)4-3-9-24-22(28)23-13-16-10-17(14-23)12-18(11-16)15-23/h5-8,16-18H,3-4,9-15H2,1-2H3,(H,24,28)(H,25,27). The highest BCUT2D eigenvalue weighted by atomic mass is 16.2. The maximum Gasteiger partial charge on any atom is 0.226 e. The van der Waals surface area contributed by atoms with Crippen LogP contribution in [0.1, 0.15) is 51.4 Å². The third-order valence-corrected chi connectivity index (χ3v) is 7.05. The molecule has 5 nitrogen and oxygen atoms in total. The van der Waals surface area contributed by atoms with Crippen LogP contribution in [0.4, 0.5) is 11.4 Å². The molecule has 0 radical (unpaired) electrons. The molecule has 0 saturated heterocycles. The molecular formula is C23H33N3O2. The first-order valence-corrected chi connectivity index (χ1v) is 10.8. The molecule has 5 heteroatoms. The van der Waals surface area contributed by atoms with Gasteiger partial charge in [0.1, 0.15) is 0 Å². The molecule has 0 unspecified atom stereocenters. The van der Waals surface area contributed by atoms with Crippen molar-refractivity contribution in [2.75, 3.05) is 30.9 Å². The van der Waals surface area contributed by atoms with Crippen molar-refractivity contribution in [3.8, 4) is 0 Å². The normalized spacial score (nSPS) is 30.1. The highest BCUT2D eigenvalue weighted by molar-refractivity contribution is 5.91. The van der Waals surface area contributed by atoms with Gasteiger partial charge in [0.15, 0.2) is 0 Å². The number of amides is 2. The number of nitrogens with zero attached hydrogens (tertiary/aromatic N) is 1. The quantitative estimate of drug-likeness (QED) is 0.704. The molecule has 0 aromatic heterocycles. The Balaban J connectivity index is 1.19. The second kappa shape index (κ2) is 7.76. The van der Waals surface area contributed by atoms with Gasteiger partial charge in [0, 0.05) is 43.9 Å². The number of anilines is 2. The number of carbonyl (C=O) groups is 2. The van der Waals surface area contributed by atoms with Gasteiger partial charge in [-0.25, -0.2) is 0 Å². The van der Waals surface area contributed by atoms with E-state index in [0.29, 0.717) is 19.4 Å². The van der Waals surface area contributed by atoms with Crippen LogP contribution in [-0.4, -0.2) is 32.5 Å². The van der Waals surface area contributed by atoms with Crippen LogP contribution in [0.15, 0.2) is 24.3 Å². The number of carbonyl (C=O) groups excluding carboxylic acids is 2. The molecule has 28 heavy (non-hydrogen) atoms. The Morgan fingerprint density at radius 1 is 1.00 bits per heavy atom. The van der Waals surface area contributed by atoms with E-state index < -0.39 is 0 Å². The van der Waals surface area contributed by atoms with Crippen molar-refractivity contribution in [2.24, 2.45) is 23.2 Å². The number of benzene rings is 1. The van der Waals surface area contributed by atoms with E-state index >= 15 is 0 Å². The summed E-state index contributed by atoms with van der Waals surface area (Å²) in [5.74, 6) is 2.60. The van der Waals surface area contributed by atoms with Crippen LogP contribution in [0.2, 0.25) is 0 Å². The summed E-state index contributed by atoms with van der Waals surface area (Å²) in [5.41, 5.74) is 1.82. The third-order valence-electron chi connectivity index (χ3n) is 7.05. The van der Waals surface area contributed by atoms with Gasteiger partial charge in [0.05, 0.1) is 0 Å². The number of rotatable bonds is 7.